The molecule has 2 N–H and O–H groups in total. The Labute approximate surface area is 124 Å². The van der Waals surface area contributed by atoms with Gasteiger partial charge in [0.25, 0.3) is 0 Å². The van der Waals surface area contributed by atoms with Crippen LogP contribution in [0.4, 0.5) is 17.8 Å². The number of hydrogen-bond donors (Lipinski definition) is 1. The van der Waals surface area contributed by atoms with Gasteiger partial charge in [-0.1, -0.05) is 6.42 Å². The van der Waals surface area contributed by atoms with Crippen LogP contribution in [0.5, 0.6) is 0 Å². The molecule has 1 aliphatic carbocycles. The number of ether oxygens (including phenoxy) is 1. The minimum atomic E-state index is 0.318. The van der Waals surface area contributed by atoms with E-state index in [0.29, 0.717) is 11.9 Å². The molecule has 1 saturated carbocycles. The van der Waals surface area contributed by atoms with Crippen LogP contribution in [0, 0.1) is 11.8 Å². The predicted octanol–water partition coefficient (Wildman–Crippen LogP) is 0.527. The van der Waals surface area contributed by atoms with E-state index in [9.17, 15) is 0 Å². The van der Waals surface area contributed by atoms with Crippen LogP contribution in [0.15, 0.2) is 0 Å². The van der Waals surface area contributed by atoms with Crippen LogP contribution in [0.2, 0.25) is 0 Å². The highest BCUT2D eigenvalue weighted by atomic mass is 16.5. The highest BCUT2D eigenvalue weighted by Crippen LogP contribution is 2.38. The summed E-state index contributed by atoms with van der Waals surface area (Å²) < 4.78 is 5.38. The molecule has 2 aliphatic heterocycles. The third-order valence-electron chi connectivity index (χ3n) is 4.93. The zero-order valence-electron chi connectivity index (χ0n) is 12.2. The Balaban J connectivity index is 1.56. The van der Waals surface area contributed by atoms with Crippen LogP contribution >= 0.6 is 0 Å². The van der Waals surface area contributed by atoms with Crippen molar-refractivity contribution in [2.45, 2.75) is 19.3 Å². The van der Waals surface area contributed by atoms with Gasteiger partial charge < -0.3 is 20.3 Å². The van der Waals surface area contributed by atoms with Crippen molar-refractivity contribution in [1.82, 2.24) is 15.0 Å². The van der Waals surface area contributed by atoms with E-state index in [-0.39, 0.29) is 0 Å². The van der Waals surface area contributed by atoms with Gasteiger partial charge >= 0.3 is 0 Å². The summed E-state index contributed by atoms with van der Waals surface area (Å²) in [7, 11) is 0. The normalized spacial score (nSPS) is 29.0. The molecule has 1 aromatic heterocycles. The molecular weight excluding hydrogens is 268 g/mol. The van der Waals surface area contributed by atoms with Crippen molar-refractivity contribution in [2.24, 2.45) is 11.8 Å². The van der Waals surface area contributed by atoms with E-state index in [1.165, 1.54) is 19.3 Å². The van der Waals surface area contributed by atoms with E-state index in [1.807, 2.05) is 0 Å². The maximum Gasteiger partial charge on any atom is 0.232 e. The lowest BCUT2D eigenvalue weighted by atomic mass is 10.0. The summed E-state index contributed by atoms with van der Waals surface area (Å²) >= 11 is 0. The molecule has 4 rings (SSSR count). The van der Waals surface area contributed by atoms with Crippen molar-refractivity contribution in [2.75, 3.05) is 54.9 Å². The largest absolute Gasteiger partial charge is 0.378 e. The lowest BCUT2D eigenvalue weighted by molar-refractivity contribution is 0.122. The maximum atomic E-state index is 5.90. The Kier molecular flexibility index (Phi) is 3.29. The molecule has 114 valence electrons. The second-order valence-corrected chi connectivity index (χ2v) is 6.25. The number of aromatic nitrogens is 3. The third-order valence-corrected chi connectivity index (χ3v) is 4.93. The van der Waals surface area contributed by atoms with Crippen molar-refractivity contribution in [3.05, 3.63) is 0 Å². The Hall–Kier alpha value is -1.63. The van der Waals surface area contributed by atoms with Crippen LogP contribution in [-0.4, -0.2) is 54.3 Å². The molecular formula is C14H22N6O. The fourth-order valence-electron chi connectivity index (χ4n) is 3.81. The van der Waals surface area contributed by atoms with Crippen LogP contribution in [0.25, 0.3) is 0 Å². The Morgan fingerprint density at radius 3 is 2.19 bits per heavy atom. The molecule has 0 spiro atoms. The number of morpholine rings is 1. The van der Waals surface area contributed by atoms with Gasteiger partial charge in [-0.25, -0.2) is 0 Å². The molecule has 3 fully saturated rings. The van der Waals surface area contributed by atoms with E-state index in [4.69, 9.17) is 10.5 Å². The van der Waals surface area contributed by atoms with Gasteiger partial charge in [0.1, 0.15) is 0 Å². The van der Waals surface area contributed by atoms with Gasteiger partial charge in [-0.2, -0.15) is 15.0 Å². The van der Waals surface area contributed by atoms with Gasteiger partial charge in [0.2, 0.25) is 17.8 Å². The van der Waals surface area contributed by atoms with Crippen LogP contribution in [-0.2, 0) is 4.74 Å². The SMILES string of the molecule is Nc1nc(N2CCOCC2)nc(N2CC3CCCC3C2)n1. The summed E-state index contributed by atoms with van der Waals surface area (Å²) in [6.45, 7) is 5.19. The summed E-state index contributed by atoms with van der Waals surface area (Å²) in [5, 5.41) is 0. The van der Waals surface area contributed by atoms with Crippen LogP contribution in [0.3, 0.4) is 0 Å². The molecule has 0 amide bonds. The van der Waals surface area contributed by atoms with E-state index in [0.717, 1.165) is 57.2 Å². The summed E-state index contributed by atoms with van der Waals surface area (Å²) in [4.78, 5) is 17.7. The number of nitrogens with zero attached hydrogens (tertiary/aromatic N) is 5. The quantitative estimate of drug-likeness (QED) is 0.850. The average molecular weight is 290 g/mol. The lowest BCUT2D eigenvalue weighted by Gasteiger charge is -2.27. The minimum absolute atomic E-state index is 0.318. The number of rotatable bonds is 2. The van der Waals surface area contributed by atoms with Crippen molar-refractivity contribution in [3.8, 4) is 0 Å². The first-order valence-electron chi connectivity index (χ1n) is 7.89. The first-order chi connectivity index (χ1) is 10.3. The number of nitrogens with two attached hydrogens (primary N) is 1. The predicted molar refractivity (Wildman–Crippen MR) is 80.3 cm³/mol. The third kappa shape index (κ3) is 2.50. The molecule has 0 bridgehead atoms. The summed E-state index contributed by atoms with van der Waals surface area (Å²) in [6.07, 6.45) is 4.07. The first kappa shape index (κ1) is 13.1. The fourth-order valence-corrected chi connectivity index (χ4v) is 3.81. The molecule has 21 heavy (non-hydrogen) atoms. The van der Waals surface area contributed by atoms with E-state index < -0.39 is 0 Å². The van der Waals surface area contributed by atoms with Crippen molar-refractivity contribution >= 4 is 17.8 Å². The first-order valence-corrected chi connectivity index (χ1v) is 7.89. The highest BCUT2D eigenvalue weighted by Gasteiger charge is 2.37. The van der Waals surface area contributed by atoms with Gasteiger partial charge in [-0.05, 0) is 24.7 Å². The highest BCUT2D eigenvalue weighted by molar-refractivity contribution is 5.44. The zero-order valence-corrected chi connectivity index (χ0v) is 12.2. The monoisotopic (exact) mass is 290 g/mol. The second kappa shape index (κ2) is 5.29. The number of nitrogen functional groups attached to an aromatic ring is 1. The zero-order chi connectivity index (χ0) is 14.2. The Morgan fingerprint density at radius 1 is 0.905 bits per heavy atom. The molecule has 3 heterocycles. The molecule has 0 radical (unpaired) electrons. The minimum Gasteiger partial charge on any atom is -0.378 e. The van der Waals surface area contributed by atoms with Crippen LogP contribution < -0.4 is 15.5 Å². The molecule has 2 unspecified atom stereocenters. The second-order valence-electron chi connectivity index (χ2n) is 6.25. The topological polar surface area (TPSA) is 80.4 Å². The molecule has 7 heteroatoms. The lowest BCUT2D eigenvalue weighted by Crippen LogP contribution is -2.38. The van der Waals surface area contributed by atoms with Crippen LogP contribution in [0.1, 0.15) is 19.3 Å². The van der Waals surface area contributed by atoms with Gasteiger partial charge in [0, 0.05) is 26.2 Å². The molecule has 7 nitrogen and oxygen atoms in total. The average Bonchev–Trinajstić information content (AvgIpc) is 3.09. The van der Waals surface area contributed by atoms with Gasteiger partial charge in [-0.15, -0.1) is 0 Å². The Morgan fingerprint density at radius 2 is 1.52 bits per heavy atom. The standard InChI is InChI=1S/C14H22N6O/c15-12-16-13(19-4-6-21-7-5-19)18-14(17-12)20-8-10-2-1-3-11(10)9-20/h10-11H,1-9H2,(H2,15,16,17,18). The summed E-state index contributed by atoms with van der Waals surface area (Å²) in [5.41, 5.74) is 5.90. The molecule has 2 atom stereocenters. The maximum absolute atomic E-state index is 5.90. The summed E-state index contributed by atoms with van der Waals surface area (Å²) in [5.74, 6) is 3.39. The van der Waals surface area contributed by atoms with E-state index in [2.05, 4.69) is 24.8 Å². The van der Waals surface area contributed by atoms with E-state index >= 15 is 0 Å². The number of hydrogen-bond acceptors (Lipinski definition) is 7. The van der Waals surface area contributed by atoms with Gasteiger partial charge in [0.15, 0.2) is 0 Å². The molecule has 2 saturated heterocycles. The molecule has 3 aliphatic rings. The van der Waals surface area contributed by atoms with Gasteiger partial charge in [0.05, 0.1) is 13.2 Å². The summed E-state index contributed by atoms with van der Waals surface area (Å²) in [6, 6.07) is 0. The van der Waals surface area contributed by atoms with E-state index in [1.54, 1.807) is 0 Å². The number of fused-ring (bicyclic) bond motifs is 1. The fraction of sp³-hybridized carbons (Fsp3) is 0.786. The Bertz CT molecular complexity index is 506. The van der Waals surface area contributed by atoms with Crippen molar-refractivity contribution in [3.63, 3.8) is 0 Å². The molecule has 0 aromatic carbocycles. The number of anilines is 3. The smallest absolute Gasteiger partial charge is 0.232 e. The van der Waals surface area contributed by atoms with Crippen molar-refractivity contribution in [1.29, 1.82) is 0 Å². The van der Waals surface area contributed by atoms with Crippen molar-refractivity contribution < 1.29 is 4.74 Å². The van der Waals surface area contributed by atoms with Gasteiger partial charge in [-0.3, -0.25) is 0 Å². The molecule has 1 aromatic rings.